The van der Waals surface area contributed by atoms with Crippen molar-refractivity contribution >= 4 is 11.6 Å². The monoisotopic (exact) mass is 299 g/mol. The molecule has 0 aliphatic rings. The standard InChI is InChI=1S/C13H12F3N3O2/c1-17-11-3-2-8(13(14,15)16)6-10(11)12(20)18-7-9-4-5-21-19-9/h2-6,17H,7H2,1H3,(H,18,20). The van der Waals surface area contributed by atoms with Crippen molar-refractivity contribution in [2.45, 2.75) is 12.7 Å². The number of carbonyl (C=O) groups is 1. The molecule has 112 valence electrons. The van der Waals surface area contributed by atoms with Gasteiger partial charge in [-0.25, -0.2) is 0 Å². The highest BCUT2D eigenvalue weighted by atomic mass is 19.4. The number of hydrogen-bond donors (Lipinski definition) is 2. The highest BCUT2D eigenvalue weighted by Crippen LogP contribution is 2.31. The zero-order chi connectivity index (χ0) is 15.5. The molecule has 0 atom stereocenters. The van der Waals surface area contributed by atoms with Crippen LogP contribution in [-0.2, 0) is 12.7 Å². The fourth-order valence-corrected chi connectivity index (χ4v) is 1.72. The van der Waals surface area contributed by atoms with E-state index in [0.29, 0.717) is 11.4 Å². The summed E-state index contributed by atoms with van der Waals surface area (Å²) in [4.78, 5) is 12.0. The Hall–Kier alpha value is -2.51. The maximum atomic E-state index is 12.7. The Kier molecular flexibility index (Phi) is 4.15. The van der Waals surface area contributed by atoms with Crippen LogP contribution in [0.25, 0.3) is 0 Å². The molecule has 1 heterocycles. The van der Waals surface area contributed by atoms with Gasteiger partial charge in [0, 0.05) is 18.8 Å². The lowest BCUT2D eigenvalue weighted by molar-refractivity contribution is -0.137. The second kappa shape index (κ2) is 5.86. The zero-order valence-corrected chi connectivity index (χ0v) is 11.0. The number of aromatic nitrogens is 1. The van der Waals surface area contributed by atoms with Gasteiger partial charge in [0.2, 0.25) is 0 Å². The number of alkyl halides is 3. The smallest absolute Gasteiger partial charge is 0.387 e. The Morgan fingerprint density at radius 3 is 2.67 bits per heavy atom. The summed E-state index contributed by atoms with van der Waals surface area (Å²) >= 11 is 0. The van der Waals surface area contributed by atoms with Crippen LogP contribution in [0.1, 0.15) is 21.6 Å². The maximum absolute atomic E-state index is 12.7. The Balaban J connectivity index is 2.21. The number of rotatable bonds is 4. The van der Waals surface area contributed by atoms with Crippen molar-refractivity contribution in [1.82, 2.24) is 10.5 Å². The molecule has 8 heteroatoms. The van der Waals surface area contributed by atoms with Gasteiger partial charge in [0.1, 0.15) is 12.0 Å². The van der Waals surface area contributed by atoms with Crippen molar-refractivity contribution in [3.8, 4) is 0 Å². The number of carbonyl (C=O) groups excluding carboxylic acids is 1. The molecule has 0 radical (unpaired) electrons. The third-order valence-corrected chi connectivity index (χ3v) is 2.78. The number of hydrogen-bond acceptors (Lipinski definition) is 4. The van der Waals surface area contributed by atoms with E-state index < -0.39 is 17.6 Å². The van der Waals surface area contributed by atoms with Crippen LogP contribution >= 0.6 is 0 Å². The molecule has 2 N–H and O–H groups in total. The summed E-state index contributed by atoms with van der Waals surface area (Å²) in [5, 5.41) is 8.77. The molecule has 0 spiro atoms. The second-order valence-corrected chi connectivity index (χ2v) is 4.18. The van der Waals surface area contributed by atoms with Crippen molar-refractivity contribution in [3.63, 3.8) is 0 Å². The van der Waals surface area contributed by atoms with Crippen molar-refractivity contribution in [3.05, 3.63) is 47.3 Å². The first-order chi connectivity index (χ1) is 9.91. The normalized spacial score (nSPS) is 11.2. The van der Waals surface area contributed by atoms with Gasteiger partial charge in [0.25, 0.3) is 5.91 Å². The second-order valence-electron chi connectivity index (χ2n) is 4.18. The number of nitrogens with one attached hydrogen (secondary N) is 2. The van der Waals surface area contributed by atoms with Gasteiger partial charge in [0.05, 0.1) is 17.7 Å². The zero-order valence-electron chi connectivity index (χ0n) is 11.0. The van der Waals surface area contributed by atoms with E-state index in [1.165, 1.54) is 19.4 Å². The molecular formula is C13H12F3N3O2. The minimum absolute atomic E-state index is 0.0642. The van der Waals surface area contributed by atoms with E-state index in [4.69, 9.17) is 0 Å². The van der Waals surface area contributed by atoms with Crippen LogP contribution in [0.4, 0.5) is 18.9 Å². The molecule has 5 nitrogen and oxygen atoms in total. The van der Waals surface area contributed by atoms with Crippen LogP contribution in [0.3, 0.4) is 0 Å². The van der Waals surface area contributed by atoms with Gasteiger partial charge in [0.15, 0.2) is 0 Å². The first-order valence-electron chi connectivity index (χ1n) is 5.98. The molecule has 0 saturated heterocycles. The maximum Gasteiger partial charge on any atom is 0.416 e. The Morgan fingerprint density at radius 2 is 2.10 bits per heavy atom. The van der Waals surface area contributed by atoms with Crippen molar-refractivity contribution < 1.29 is 22.5 Å². The Morgan fingerprint density at radius 1 is 1.33 bits per heavy atom. The van der Waals surface area contributed by atoms with E-state index in [2.05, 4.69) is 20.3 Å². The molecule has 1 amide bonds. The molecule has 0 fully saturated rings. The molecule has 2 rings (SSSR count). The van der Waals surface area contributed by atoms with Gasteiger partial charge in [-0.15, -0.1) is 0 Å². The molecule has 0 saturated carbocycles. The largest absolute Gasteiger partial charge is 0.416 e. The van der Waals surface area contributed by atoms with Gasteiger partial charge in [-0.3, -0.25) is 4.79 Å². The van der Waals surface area contributed by atoms with Crippen molar-refractivity contribution in [2.24, 2.45) is 0 Å². The van der Waals surface area contributed by atoms with Crippen molar-refractivity contribution in [2.75, 3.05) is 12.4 Å². The van der Waals surface area contributed by atoms with Crippen molar-refractivity contribution in [1.29, 1.82) is 0 Å². The van der Waals surface area contributed by atoms with E-state index in [1.54, 1.807) is 6.07 Å². The SMILES string of the molecule is CNc1ccc(C(F)(F)F)cc1C(=O)NCc1ccon1. The minimum atomic E-state index is -4.51. The van der Waals surface area contributed by atoms with E-state index in [1.807, 2.05) is 0 Å². The van der Waals surface area contributed by atoms with Crippen LogP contribution in [0.2, 0.25) is 0 Å². The van der Waals surface area contributed by atoms with Gasteiger partial charge >= 0.3 is 6.18 Å². The van der Waals surface area contributed by atoms with Crippen LogP contribution < -0.4 is 10.6 Å². The minimum Gasteiger partial charge on any atom is -0.387 e. The van der Waals surface area contributed by atoms with Crippen LogP contribution in [0.5, 0.6) is 0 Å². The summed E-state index contributed by atoms with van der Waals surface area (Å²) in [7, 11) is 1.52. The number of benzene rings is 1. The lowest BCUT2D eigenvalue weighted by atomic mass is 10.1. The number of amides is 1. The lowest BCUT2D eigenvalue weighted by Gasteiger charge is -2.13. The summed E-state index contributed by atoms with van der Waals surface area (Å²) in [6, 6.07) is 4.49. The summed E-state index contributed by atoms with van der Waals surface area (Å²) in [5.74, 6) is -0.631. The topological polar surface area (TPSA) is 67.2 Å². The first kappa shape index (κ1) is 14.9. The first-order valence-corrected chi connectivity index (χ1v) is 5.98. The van der Waals surface area contributed by atoms with Gasteiger partial charge in [-0.2, -0.15) is 13.2 Å². The van der Waals surface area contributed by atoms with Gasteiger partial charge in [-0.05, 0) is 18.2 Å². The highest BCUT2D eigenvalue weighted by molar-refractivity contribution is 5.99. The lowest BCUT2D eigenvalue weighted by Crippen LogP contribution is -2.24. The highest BCUT2D eigenvalue weighted by Gasteiger charge is 2.31. The average molecular weight is 299 g/mol. The summed E-state index contributed by atoms with van der Waals surface area (Å²) in [6.07, 6.45) is -3.17. The van der Waals surface area contributed by atoms with E-state index >= 15 is 0 Å². The average Bonchev–Trinajstić information content (AvgIpc) is 2.96. The predicted molar refractivity (Wildman–Crippen MR) is 68.7 cm³/mol. The summed E-state index contributed by atoms with van der Waals surface area (Å²) < 4.78 is 42.7. The number of nitrogens with zero attached hydrogens (tertiary/aromatic N) is 1. The molecule has 1 aromatic carbocycles. The van der Waals surface area contributed by atoms with Gasteiger partial charge in [-0.1, -0.05) is 5.16 Å². The third kappa shape index (κ3) is 3.53. The molecular weight excluding hydrogens is 287 g/mol. The van der Waals surface area contributed by atoms with Crippen LogP contribution in [0, 0.1) is 0 Å². The predicted octanol–water partition coefficient (Wildman–Crippen LogP) is 2.67. The fourth-order valence-electron chi connectivity index (χ4n) is 1.72. The van der Waals surface area contributed by atoms with Gasteiger partial charge < -0.3 is 15.2 Å². The Labute approximate surface area is 118 Å². The molecule has 21 heavy (non-hydrogen) atoms. The molecule has 0 bridgehead atoms. The number of halogens is 3. The number of anilines is 1. The van der Waals surface area contributed by atoms with E-state index in [9.17, 15) is 18.0 Å². The molecule has 0 aliphatic carbocycles. The van der Waals surface area contributed by atoms with Crippen LogP contribution in [0.15, 0.2) is 35.1 Å². The third-order valence-electron chi connectivity index (χ3n) is 2.78. The van der Waals surface area contributed by atoms with E-state index in [-0.39, 0.29) is 12.1 Å². The fraction of sp³-hybridized carbons (Fsp3) is 0.231. The molecule has 0 unspecified atom stereocenters. The van der Waals surface area contributed by atoms with Crippen LogP contribution in [-0.4, -0.2) is 18.1 Å². The molecule has 1 aromatic heterocycles. The quantitative estimate of drug-likeness (QED) is 0.911. The van der Waals surface area contributed by atoms with E-state index in [0.717, 1.165) is 12.1 Å². The Bertz CT molecular complexity index is 624. The molecule has 0 aliphatic heterocycles. The summed E-state index contributed by atoms with van der Waals surface area (Å²) in [5.41, 5.74) is -0.189. The summed E-state index contributed by atoms with van der Waals surface area (Å²) in [6.45, 7) is 0.0642. The molecule has 2 aromatic rings.